The Bertz CT molecular complexity index is 1430. The molecule has 4 rings (SSSR count). The third-order valence-corrected chi connectivity index (χ3v) is 5.29. The second kappa shape index (κ2) is 9.62. The first-order chi connectivity index (χ1) is 16.0. The highest BCUT2D eigenvalue weighted by atomic mass is 35.5. The van der Waals surface area contributed by atoms with Crippen LogP contribution in [0.5, 0.6) is 17.2 Å². The Morgan fingerprint density at radius 1 is 1.00 bits per heavy atom. The van der Waals surface area contributed by atoms with Crippen LogP contribution < -0.4 is 25.5 Å². The van der Waals surface area contributed by atoms with E-state index in [4.69, 9.17) is 25.8 Å². The molecule has 0 aliphatic rings. The van der Waals surface area contributed by atoms with E-state index in [-0.39, 0.29) is 6.61 Å². The lowest BCUT2D eigenvalue weighted by Gasteiger charge is -2.15. The first-order valence-electron chi connectivity index (χ1n) is 9.92. The fourth-order valence-electron chi connectivity index (χ4n) is 3.26. The number of methoxy groups -OCH3 is 2. The van der Waals surface area contributed by atoms with Crippen molar-refractivity contribution in [2.24, 2.45) is 5.10 Å². The lowest BCUT2D eigenvalue weighted by Crippen LogP contribution is -2.32. The van der Waals surface area contributed by atoms with Crippen molar-refractivity contribution >= 4 is 28.7 Å². The summed E-state index contributed by atoms with van der Waals surface area (Å²) in [5, 5.41) is 5.02. The second-order valence-electron chi connectivity index (χ2n) is 6.97. The molecule has 168 valence electrons. The molecule has 0 bridgehead atoms. The molecule has 0 fully saturated rings. The van der Waals surface area contributed by atoms with Crippen molar-refractivity contribution in [3.8, 4) is 17.2 Å². The number of benzene rings is 3. The van der Waals surface area contributed by atoms with Crippen molar-refractivity contribution in [1.29, 1.82) is 0 Å². The number of aromatic nitrogens is 2. The van der Waals surface area contributed by atoms with E-state index in [1.807, 2.05) is 18.2 Å². The Labute approximate surface area is 193 Å². The molecule has 0 amide bonds. The summed E-state index contributed by atoms with van der Waals surface area (Å²) in [5.74, 6) is 1.17. The highest BCUT2D eigenvalue weighted by Crippen LogP contribution is 2.39. The van der Waals surface area contributed by atoms with Gasteiger partial charge < -0.3 is 19.2 Å². The fourth-order valence-corrected chi connectivity index (χ4v) is 3.46. The molecule has 0 radical (unpaired) electrons. The van der Waals surface area contributed by atoms with Crippen LogP contribution in [0.1, 0.15) is 11.1 Å². The Hall–Kier alpha value is -4.04. The third-order valence-electron chi connectivity index (χ3n) is 4.92. The number of nitrogens with zero attached hydrogens (tertiary/aromatic N) is 2. The Kier molecular flexibility index (Phi) is 6.46. The molecular formula is C24H20ClN3O5. The number of halogens is 1. The van der Waals surface area contributed by atoms with Gasteiger partial charge in [-0.2, -0.15) is 5.10 Å². The summed E-state index contributed by atoms with van der Waals surface area (Å²) >= 11 is 6.21. The van der Waals surface area contributed by atoms with E-state index in [1.54, 1.807) is 42.5 Å². The Morgan fingerprint density at radius 2 is 1.67 bits per heavy atom. The minimum Gasteiger partial charge on any atom is -0.493 e. The molecule has 4 aromatic rings. The van der Waals surface area contributed by atoms with Gasteiger partial charge in [-0.25, -0.2) is 4.79 Å². The van der Waals surface area contributed by atoms with E-state index in [9.17, 15) is 9.59 Å². The third kappa shape index (κ3) is 4.61. The van der Waals surface area contributed by atoms with Crippen molar-refractivity contribution in [3.05, 3.63) is 97.7 Å². The number of rotatable bonds is 7. The van der Waals surface area contributed by atoms with Gasteiger partial charge in [-0.3, -0.25) is 4.79 Å². The number of fused-ring (bicyclic) bond motifs is 1. The summed E-state index contributed by atoms with van der Waals surface area (Å²) in [5.41, 5.74) is 0.622. The predicted molar refractivity (Wildman–Crippen MR) is 127 cm³/mol. The minimum atomic E-state index is -0.645. The van der Waals surface area contributed by atoms with Gasteiger partial charge in [0.1, 0.15) is 6.61 Å². The summed E-state index contributed by atoms with van der Waals surface area (Å²) in [6.45, 7) is 0.210. The standard InChI is InChI=1S/C24H20ClN3O5/c1-31-20-11-15(12-21(32-2)22(20)33-14-16-7-3-5-9-18(16)25)13-26-28-23(29)17-8-4-6-10-19(17)27-24(28)30/h3-13H,14H2,1-2H3,(H,27,30). The number of hydrogen-bond acceptors (Lipinski definition) is 6. The normalized spacial score (nSPS) is 11.1. The van der Waals surface area contributed by atoms with Crippen LogP contribution >= 0.6 is 11.6 Å². The summed E-state index contributed by atoms with van der Waals surface area (Å²) in [4.78, 5) is 27.6. The average Bonchev–Trinajstić information content (AvgIpc) is 2.83. The van der Waals surface area contributed by atoms with Crippen molar-refractivity contribution < 1.29 is 14.2 Å². The molecule has 33 heavy (non-hydrogen) atoms. The maximum absolute atomic E-state index is 12.7. The highest BCUT2D eigenvalue weighted by Gasteiger charge is 2.15. The van der Waals surface area contributed by atoms with Crippen LogP contribution in [-0.4, -0.2) is 30.1 Å². The number of para-hydroxylation sites is 1. The lowest BCUT2D eigenvalue weighted by atomic mass is 10.2. The van der Waals surface area contributed by atoms with E-state index in [0.717, 1.165) is 10.2 Å². The van der Waals surface area contributed by atoms with Gasteiger partial charge in [-0.05, 0) is 30.3 Å². The summed E-state index contributed by atoms with van der Waals surface area (Å²) in [7, 11) is 2.99. The zero-order valence-corrected chi connectivity index (χ0v) is 18.6. The van der Waals surface area contributed by atoms with E-state index < -0.39 is 11.2 Å². The van der Waals surface area contributed by atoms with Gasteiger partial charge in [0.25, 0.3) is 5.56 Å². The zero-order chi connectivity index (χ0) is 23.4. The van der Waals surface area contributed by atoms with Crippen molar-refractivity contribution in [2.75, 3.05) is 14.2 Å². The maximum atomic E-state index is 12.7. The predicted octanol–water partition coefficient (Wildman–Crippen LogP) is 3.82. The smallest absolute Gasteiger partial charge is 0.349 e. The lowest BCUT2D eigenvalue weighted by molar-refractivity contribution is 0.266. The first kappa shape index (κ1) is 22.2. The molecule has 0 unspecified atom stereocenters. The SMILES string of the molecule is COc1cc(C=Nn2c(=O)[nH]c3ccccc3c2=O)cc(OC)c1OCc1ccccc1Cl. The Balaban J connectivity index is 1.68. The van der Waals surface area contributed by atoms with Gasteiger partial charge in [0, 0.05) is 16.1 Å². The molecule has 1 N–H and O–H groups in total. The Morgan fingerprint density at radius 3 is 2.36 bits per heavy atom. The molecular weight excluding hydrogens is 446 g/mol. The topological polar surface area (TPSA) is 94.9 Å². The zero-order valence-electron chi connectivity index (χ0n) is 17.9. The van der Waals surface area contributed by atoms with Crippen LogP contribution in [0.4, 0.5) is 0 Å². The molecule has 1 heterocycles. The largest absolute Gasteiger partial charge is 0.493 e. The quantitative estimate of drug-likeness (QED) is 0.419. The molecule has 3 aromatic carbocycles. The summed E-state index contributed by atoms with van der Waals surface area (Å²) < 4.78 is 17.6. The fraction of sp³-hybridized carbons (Fsp3) is 0.125. The molecule has 9 heteroatoms. The van der Waals surface area contributed by atoms with Crippen LogP contribution in [0.15, 0.2) is 75.4 Å². The van der Waals surface area contributed by atoms with E-state index in [2.05, 4.69) is 10.1 Å². The van der Waals surface area contributed by atoms with Gasteiger partial charge >= 0.3 is 5.69 Å². The average molecular weight is 466 g/mol. The number of aromatic amines is 1. The first-order valence-corrected chi connectivity index (χ1v) is 10.3. The number of ether oxygens (including phenoxy) is 3. The van der Waals surface area contributed by atoms with Crippen molar-refractivity contribution in [1.82, 2.24) is 9.66 Å². The van der Waals surface area contributed by atoms with Crippen LogP contribution in [0, 0.1) is 0 Å². The minimum absolute atomic E-state index is 0.210. The van der Waals surface area contributed by atoms with Gasteiger partial charge in [-0.1, -0.05) is 41.9 Å². The van der Waals surface area contributed by atoms with E-state index in [1.165, 1.54) is 20.4 Å². The van der Waals surface area contributed by atoms with Crippen LogP contribution in [0.25, 0.3) is 10.9 Å². The number of hydrogen-bond donors (Lipinski definition) is 1. The molecule has 0 spiro atoms. The molecule has 0 atom stereocenters. The summed E-state index contributed by atoms with van der Waals surface area (Å²) in [6.07, 6.45) is 1.37. The summed E-state index contributed by atoms with van der Waals surface area (Å²) in [6, 6.07) is 17.4. The van der Waals surface area contributed by atoms with Crippen molar-refractivity contribution in [2.45, 2.75) is 6.61 Å². The van der Waals surface area contributed by atoms with Crippen LogP contribution in [0.3, 0.4) is 0 Å². The molecule has 0 aliphatic heterocycles. The maximum Gasteiger partial charge on any atom is 0.349 e. The second-order valence-corrected chi connectivity index (χ2v) is 7.38. The molecule has 0 saturated heterocycles. The van der Waals surface area contributed by atoms with Gasteiger partial charge in [-0.15, -0.1) is 4.68 Å². The molecule has 8 nitrogen and oxygen atoms in total. The molecule has 0 saturated carbocycles. The van der Waals surface area contributed by atoms with E-state index >= 15 is 0 Å². The highest BCUT2D eigenvalue weighted by molar-refractivity contribution is 6.31. The number of nitrogens with one attached hydrogen (secondary N) is 1. The molecule has 1 aromatic heterocycles. The van der Waals surface area contributed by atoms with Crippen LogP contribution in [0.2, 0.25) is 5.02 Å². The van der Waals surface area contributed by atoms with Crippen molar-refractivity contribution in [3.63, 3.8) is 0 Å². The van der Waals surface area contributed by atoms with E-state index in [0.29, 0.717) is 38.7 Å². The van der Waals surface area contributed by atoms with Gasteiger partial charge in [0.15, 0.2) is 11.5 Å². The number of H-pyrrole nitrogens is 1. The monoisotopic (exact) mass is 465 g/mol. The van der Waals surface area contributed by atoms with Gasteiger partial charge in [0.2, 0.25) is 5.75 Å². The van der Waals surface area contributed by atoms with Gasteiger partial charge in [0.05, 0.1) is 31.3 Å². The van der Waals surface area contributed by atoms with Crippen LogP contribution in [-0.2, 0) is 6.61 Å². The molecule has 0 aliphatic carbocycles.